The summed E-state index contributed by atoms with van der Waals surface area (Å²) in [4.78, 5) is 39.2. The van der Waals surface area contributed by atoms with Gasteiger partial charge in [0.2, 0.25) is 0 Å². The van der Waals surface area contributed by atoms with E-state index in [0.717, 1.165) is 0 Å². The largest absolute Gasteiger partial charge is 0.507 e. The molecule has 1 aromatic heterocycles. The summed E-state index contributed by atoms with van der Waals surface area (Å²) in [6, 6.07) is 13.3. The number of ketones is 1. The molecule has 2 aromatic carbocycles. The standard InChI is InChI=1S/C25H22N2O7/c1-4-33-18-11-9-16(10-12-18)22(28)20-21(15-5-7-17(8-6-15)25(31)32-3)27(24(30)23(20)29)19-13-14(2)34-26-19/h5-13,21,28H,4H2,1-3H3/b22-20+/t21-/m0/s1. The van der Waals surface area contributed by atoms with Crippen molar-refractivity contribution in [1.29, 1.82) is 0 Å². The Morgan fingerprint density at radius 3 is 2.29 bits per heavy atom. The van der Waals surface area contributed by atoms with Crippen LogP contribution >= 0.6 is 0 Å². The molecule has 1 N–H and O–H groups in total. The van der Waals surface area contributed by atoms with Crippen LogP contribution in [0.2, 0.25) is 0 Å². The Hall–Kier alpha value is -4.40. The molecule has 0 radical (unpaired) electrons. The van der Waals surface area contributed by atoms with Crippen molar-refractivity contribution in [2.24, 2.45) is 0 Å². The third kappa shape index (κ3) is 4.03. The lowest BCUT2D eigenvalue weighted by molar-refractivity contribution is -0.132. The number of hydrogen-bond donors (Lipinski definition) is 1. The molecule has 3 aromatic rings. The number of methoxy groups -OCH3 is 1. The number of nitrogens with zero attached hydrogens (tertiary/aromatic N) is 2. The number of esters is 1. The third-order valence-electron chi connectivity index (χ3n) is 5.39. The van der Waals surface area contributed by atoms with E-state index in [1.165, 1.54) is 30.2 Å². The molecule has 1 atom stereocenters. The van der Waals surface area contributed by atoms with Crippen molar-refractivity contribution < 1.29 is 33.5 Å². The molecule has 0 unspecified atom stereocenters. The van der Waals surface area contributed by atoms with E-state index in [9.17, 15) is 19.5 Å². The first-order valence-corrected chi connectivity index (χ1v) is 10.5. The minimum absolute atomic E-state index is 0.111. The Morgan fingerprint density at radius 2 is 1.74 bits per heavy atom. The summed E-state index contributed by atoms with van der Waals surface area (Å²) < 4.78 is 15.3. The summed E-state index contributed by atoms with van der Waals surface area (Å²) in [5, 5.41) is 15.0. The van der Waals surface area contributed by atoms with E-state index in [0.29, 0.717) is 34.8 Å². The first kappa shape index (κ1) is 22.8. The van der Waals surface area contributed by atoms with Crippen molar-refractivity contribution in [3.05, 3.63) is 82.6 Å². The maximum Gasteiger partial charge on any atom is 0.337 e. The predicted octanol–water partition coefficient (Wildman–Crippen LogP) is 3.79. The van der Waals surface area contributed by atoms with Crippen molar-refractivity contribution in [3.63, 3.8) is 0 Å². The van der Waals surface area contributed by atoms with Gasteiger partial charge in [0.05, 0.1) is 30.9 Å². The molecule has 1 amide bonds. The van der Waals surface area contributed by atoms with Crippen LogP contribution in [-0.2, 0) is 14.3 Å². The molecule has 9 heteroatoms. The van der Waals surface area contributed by atoms with Crippen molar-refractivity contribution in [1.82, 2.24) is 5.16 Å². The second-order valence-corrected chi connectivity index (χ2v) is 7.54. The highest BCUT2D eigenvalue weighted by Gasteiger charge is 2.48. The van der Waals surface area contributed by atoms with Crippen LogP contribution in [0.5, 0.6) is 5.75 Å². The Kier molecular flexibility index (Phi) is 6.18. The van der Waals surface area contributed by atoms with Crippen molar-refractivity contribution in [2.45, 2.75) is 19.9 Å². The van der Waals surface area contributed by atoms with Crippen LogP contribution in [0.15, 0.2) is 64.7 Å². The van der Waals surface area contributed by atoms with E-state index < -0.39 is 23.7 Å². The summed E-state index contributed by atoms with van der Waals surface area (Å²) in [7, 11) is 1.27. The molecule has 1 saturated heterocycles. The van der Waals surface area contributed by atoms with Gasteiger partial charge in [0.25, 0.3) is 5.78 Å². The second kappa shape index (κ2) is 9.22. The summed E-state index contributed by atoms with van der Waals surface area (Å²) in [5.41, 5.74) is 1.02. The average molecular weight is 462 g/mol. The van der Waals surface area contributed by atoms with Gasteiger partial charge in [0, 0.05) is 11.6 Å². The first-order valence-electron chi connectivity index (χ1n) is 10.5. The molecule has 1 aliphatic rings. The molecule has 2 heterocycles. The Bertz CT molecular complexity index is 1270. The number of aliphatic hydroxyl groups is 1. The lowest BCUT2D eigenvalue weighted by Gasteiger charge is -2.23. The van der Waals surface area contributed by atoms with Gasteiger partial charge in [-0.2, -0.15) is 0 Å². The Balaban J connectivity index is 1.86. The number of aromatic nitrogens is 1. The van der Waals surface area contributed by atoms with Gasteiger partial charge in [-0.15, -0.1) is 0 Å². The van der Waals surface area contributed by atoms with E-state index in [1.807, 2.05) is 6.92 Å². The van der Waals surface area contributed by atoms with Gasteiger partial charge in [-0.05, 0) is 55.8 Å². The van der Waals surface area contributed by atoms with E-state index in [1.54, 1.807) is 43.3 Å². The smallest absolute Gasteiger partial charge is 0.337 e. The SMILES string of the molecule is CCOc1ccc(/C(O)=C2\C(=O)C(=O)N(c3cc(C)on3)[C@H]2c2ccc(C(=O)OC)cc2)cc1. The average Bonchev–Trinajstić information content (AvgIpc) is 3.39. The van der Waals surface area contributed by atoms with Crippen LogP contribution in [0.3, 0.4) is 0 Å². The number of Topliss-reactive ketones (excluding diaryl/α,β-unsaturated/α-hetero) is 1. The highest BCUT2D eigenvalue weighted by atomic mass is 16.5. The van der Waals surface area contributed by atoms with Crippen LogP contribution in [-0.4, -0.2) is 41.6 Å². The fraction of sp³-hybridized carbons (Fsp3) is 0.200. The zero-order chi connectivity index (χ0) is 24.4. The van der Waals surface area contributed by atoms with E-state index in [-0.39, 0.29) is 17.2 Å². The minimum atomic E-state index is -0.997. The maximum absolute atomic E-state index is 13.1. The Labute approximate surface area is 195 Å². The highest BCUT2D eigenvalue weighted by molar-refractivity contribution is 6.51. The Morgan fingerprint density at radius 1 is 1.09 bits per heavy atom. The zero-order valence-electron chi connectivity index (χ0n) is 18.8. The molecular formula is C25H22N2O7. The van der Waals surface area contributed by atoms with Crippen molar-refractivity contribution in [3.8, 4) is 5.75 Å². The number of carbonyl (C=O) groups excluding carboxylic acids is 3. The fourth-order valence-electron chi connectivity index (χ4n) is 3.80. The van der Waals surface area contributed by atoms with Gasteiger partial charge in [0.15, 0.2) is 5.82 Å². The summed E-state index contributed by atoms with van der Waals surface area (Å²) >= 11 is 0. The molecule has 1 fully saturated rings. The summed E-state index contributed by atoms with van der Waals surface area (Å²) in [6.45, 7) is 3.99. The number of ether oxygens (including phenoxy) is 2. The quantitative estimate of drug-likeness (QED) is 0.254. The third-order valence-corrected chi connectivity index (χ3v) is 5.39. The van der Waals surface area contributed by atoms with Crippen LogP contribution in [0.25, 0.3) is 5.76 Å². The van der Waals surface area contributed by atoms with E-state index >= 15 is 0 Å². The van der Waals surface area contributed by atoms with Crippen molar-refractivity contribution in [2.75, 3.05) is 18.6 Å². The molecular weight excluding hydrogens is 440 g/mol. The number of aryl methyl sites for hydroxylation is 1. The molecule has 4 rings (SSSR count). The second-order valence-electron chi connectivity index (χ2n) is 7.54. The lowest BCUT2D eigenvalue weighted by Crippen LogP contribution is -2.29. The topological polar surface area (TPSA) is 119 Å². The number of benzene rings is 2. The molecule has 1 aliphatic heterocycles. The van der Waals surface area contributed by atoms with Crippen LogP contribution in [0, 0.1) is 6.92 Å². The van der Waals surface area contributed by atoms with Gasteiger partial charge in [-0.3, -0.25) is 14.5 Å². The maximum atomic E-state index is 13.1. The summed E-state index contributed by atoms with van der Waals surface area (Å²) in [6.07, 6.45) is 0. The molecule has 34 heavy (non-hydrogen) atoms. The fourth-order valence-corrected chi connectivity index (χ4v) is 3.80. The zero-order valence-corrected chi connectivity index (χ0v) is 18.8. The predicted molar refractivity (Wildman–Crippen MR) is 121 cm³/mol. The van der Waals surface area contributed by atoms with Crippen molar-refractivity contribution >= 4 is 29.2 Å². The number of rotatable bonds is 6. The number of carbonyl (C=O) groups is 3. The van der Waals surface area contributed by atoms with Crippen LogP contribution < -0.4 is 9.64 Å². The van der Waals surface area contributed by atoms with Crippen LogP contribution in [0.1, 0.15) is 40.2 Å². The van der Waals surface area contributed by atoms with Gasteiger partial charge in [-0.1, -0.05) is 17.3 Å². The van der Waals surface area contributed by atoms with E-state index in [4.69, 9.17) is 14.0 Å². The number of amides is 1. The lowest BCUT2D eigenvalue weighted by atomic mass is 9.94. The van der Waals surface area contributed by atoms with Gasteiger partial charge in [0.1, 0.15) is 17.3 Å². The molecule has 9 nitrogen and oxygen atoms in total. The van der Waals surface area contributed by atoms with Gasteiger partial charge in [-0.25, -0.2) is 4.79 Å². The minimum Gasteiger partial charge on any atom is -0.507 e. The summed E-state index contributed by atoms with van der Waals surface area (Å²) in [5.74, 6) is -1.41. The highest BCUT2D eigenvalue weighted by Crippen LogP contribution is 2.42. The molecule has 0 bridgehead atoms. The molecule has 174 valence electrons. The molecule has 0 spiro atoms. The van der Waals surface area contributed by atoms with E-state index in [2.05, 4.69) is 5.16 Å². The first-order chi connectivity index (χ1) is 16.3. The molecule has 0 aliphatic carbocycles. The molecule has 0 saturated carbocycles. The van der Waals surface area contributed by atoms with Crippen LogP contribution in [0.4, 0.5) is 5.82 Å². The number of hydrogen-bond acceptors (Lipinski definition) is 8. The van der Waals surface area contributed by atoms with Gasteiger partial charge < -0.3 is 19.1 Å². The number of anilines is 1. The van der Waals surface area contributed by atoms with Gasteiger partial charge >= 0.3 is 11.9 Å². The normalized spacial score (nSPS) is 17.1. The number of aliphatic hydroxyl groups excluding tert-OH is 1. The monoisotopic (exact) mass is 462 g/mol.